The number of nitrogens with zero attached hydrogens (tertiary/aromatic N) is 1. The molecule has 3 heteroatoms. The molecule has 3 nitrogen and oxygen atoms in total. The summed E-state index contributed by atoms with van der Waals surface area (Å²) < 4.78 is 5.12. The molecular formula is C9H19NO2. The fraction of sp³-hybridized carbons (Fsp3) is 1.00. The summed E-state index contributed by atoms with van der Waals surface area (Å²) in [5, 5.41) is 8.76. The molecule has 1 fully saturated rings. The Bertz CT molecular complexity index is 103. The largest absolute Gasteiger partial charge is 0.395 e. The summed E-state index contributed by atoms with van der Waals surface area (Å²) >= 11 is 0. The molecule has 0 aliphatic carbocycles. The van der Waals surface area contributed by atoms with Crippen molar-refractivity contribution in [2.75, 3.05) is 40.0 Å². The highest BCUT2D eigenvalue weighted by Crippen LogP contribution is 2.15. The lowest BCUT2D eigenvalue weighted by atomic mass is 9.99. The third-order valence-electron chi connectivity index (χ3n) is 2.42. The van der Waals surface area contributed by atoms with E-state index in [0.29, 0.717) is 5.92 Å². The van der Waals surface area contributed by atoms with Gasteiger partial charge in [0.05, 0.1) is 13.2 Å². The van der Waals surface area contributed by atoms with Crippen LogP contribution in [0.2, 0.25) is 0 Å². The summed E-state index contributed by atoms with van der Waals surface area (Å²) in [6.45, 7) is 4.19. The van der Waals surface area contributed by atoms with E-state index in [4.69, 9.17) is 9.84 Å². The van der Waals surface area contributed by atoms with Crippen molar-refractivity contribution in [3.8, 4) is 0 Å². The molecule has 0 saturated carbocycles. The van der Waals surface area contributed by atoms with E-state index in [0.717, 1.165) is 26.2 Å². The number of hydrogen-bond donors (Lipinski definition) is 1. The van der Waals surface area contributed by atoms with Gasteiger partial charge in [0.1, 0.15) is 0 Å². The van der Waals surface area contributed by atoms with Gasteiger partial charge in [-0.25, -0.2) is 0 Å². The van der Waals surface area contributed by atoms with Crippen LogP contribution in [0.15, 0.2) is 0 Å². The number of β-amino-alcohol motifs (C(OH)–C–C–N with tert-alkyl or cyclic N) is 1. The second kappa shape index (κ2) is 5.51. The highest BCUT2D eigenvalue weighted by molar-refractivity contribution is 4.72. The van der Waals surface area contributed by atoms with Crippen molar-refractivity contribution in [1.29, 1.82) is 0 Å². The van der Waals surface area contributed by atoms with Gasteiger partial charge in [0.25, 0.3) is 0 Å². The van der Waals surface area contributed by atoms with E-state index in [1.165, 1.54) is 12.8 Å². The normalized spacial score (nSPS) is 26.0. The van der Waals surface area contributed by atoms with Crippen molar-refractivity contribution >= 4 is 0 Å². The van der Waals surface area contributed by atoms with Crippen LogP contribution in [0.5, 0.6) is 0 Å². The molecule has 0 amide bonds. The maximum atomic E-state index is 8.76. The third-order valence-corrected chi connectivity index (χ3v) is 2.42. The Labute approximate surface area is 74.3 Å². The molecule has 1 unspecified atom stereocenters. The van der Waals surface area contributed by atoms with E-state index in [1.54, 1.807) is 7.11 Å². The van der Waals surface area contributed by atoms with Crippen LogP contribution in [0.25, 0.3) is 0 Å². The summed E-state index contributed by atoms with van der Waals surface area (Å²) in [5.41, 5.74) is 0. The molecule has 1 heterocycles. The van der Waals surface area contributed by atoms with Crippen LogP contribution in [0.3, 0.4) is 0 Å². The van der Waals surface area contributed by atoms with Crippen molar-refractivity contribution in [1.82, 2.24) is 4.90 Å². The van der Waals surface area contributed by atoms with Gasteiger partial charge in [-0.3, -0.25) is 0 Å². The molecule has 0 aromatic rings. The Balaban J connectivity index is 2.20. The van der Waals surface area contributed by atoms with Crippen LogP contribution >= 0.6 is 0 Å². The molecule has 0 radical (unpaired) electrons. The van der Waals surface area contributed by atoms with Gasteiger partial charge in [-0.2, -0.15) is 0 Å². The first-order valence-corrected chi connectivity index (χ1v) is 4.69. The Hall–Kier alpha value is -0.120. The number of aliphatic hydroxyl groups is 1. The Kier molecular flexibility index (Phi) is 4.58. The first-order chi connectivity index (χ1) is 5.86. The number of aliphatic hydroxyl groups excluding tert-OH is 1. The molecule has 1 aliphatic heterocycles. The maximum absolute atomic E-state index is 8.76. The van der Waals surface area contributed by atoms with E-state index in [1.807, 2.05) is 0 Å². The molecule has 0 bridgehead atoms. The van der Waals surface area contributed by atoms with Crippen LogP contribution < -0.4 is 0 Å². The number of rotatable bonds is 4. The zero-order chi connectivity index (χ0) is 8.81. The van der Waals surface area contributed by atoms with Crippen molar-refractivity contribution in [2.24, 2.45) is 5.92 Å². The molecule has 0 aromatic carbocycles. The van der Waals surface area contributed by atoms with Crippen molar-refractivity contribution in [3.63, 3.8) is 0 Å². The fourth-order valence-corrected chi connectivity index (χ4v) is 1.87. The van der Waals surface area contributed by atoms with E-state index < -0.39 is 0 Å². The van der Waals surface area contributed by atoms with Crippen molar-refractivity contribution in [2.45, 2.75) is 12.8 Å². The molecule has 1 aliphatic rings. The summed E-state index contributed by atoms with van der Waals surface area (Å²) in [7, 11) is 1.75. The first kappa shape index (κ1) is 9.96. The zero-order valence-electron chi connectivity index (χ0n) is 7.83. The molecule has 1 rings (SSSR count). The summed E-state index contributed by atoms with van der Waals surface area (Å²) in [6, 6.07) is 0. The summed E-state index contributed by atoms with van der Waals surface area (Å²) in [6.07, 6.45) is 2.52. The highest BCUT2D eigenvalue weighted by atomic mass is 16.5. The standard InChI is InChI=1S/C9H19NO2/c1-12-8-9-3-2-4-10(7-9)5-6-11/h9,11H,2-8H2,1H3. The minimum absolute atomic E-state index is 0.277. The predicted molar refractivity (Wildman–Crippen MR) is 48.1 cm³/mol. The molecule has 72 valence electrons. The molecule has 0 spiro atoms. The van der Waals surface area contributed by atoms with E-state index >= 15 is 0 Å². The monoisotopic (exact) mass is 173 g/mol. The van der Waals surface area contributed by atoms with E-state index in [2.05, 4.69) is 4.90 Å². The van der Waals surface area contributed by atoms with Gasteiger partial charge < -0.3 is 14.7 Å². The number of ether oxygens (including phenoxy) is 1. The Morgan fingerprint density at radius 3 is 3.08 bits per heavy atom. The molecule has 0 aromatic heterocycles. The van der Waals surface area contributed by atoms with Gasteiger partial charge in [0.2, 0.25) is 0 Å². The predicted octanol–water partition coefficient (Wildman–Crippen LogP) is 0.337. The lowest BCUT2D eigenvalue weighted by molar-refractivity contribution is 0.0810. The van der Waals surface area contributed by atoms with Crippen LogP contribution in [0, 0.1) is 5.92 Å². The van der Waals surface area contributed by atoms with E-state index in [-0.39, 0.29) is 6.61 Å². The maximum Gasteiger partial charge on any atom is 0.0558 e. The lowest BCUT2D eigenvalue weighted by Crippen LogP contribution is -2.38. The fourth-order valence-electron chi connectivity index (χ4n) is 1.87. The van der Waals surface area contributed by atoms with Gasteiger partial charge in [-0.15, -0.1) is 0 Å². The second-order valence-corrected chi connectivity index (χ2v) is 3.49. The van der Waals surface area contributed by atoms with Crippen molar-refractivity contribution in [3.05, 3.63) is 0 Å². The van der Waals surface area contributed by atoms with Crippen LogP contribution in [0.1, 0.15) is 12.8 Å². The average Bonchev–Trinajstić information content (AvgIpc) is 2.06. The van der Waals surface area contributed by atoms with Gasteiger partial charge >= 0.3 is 0 Å². The first-order valence-electron chi connectivity index (χ1n) is 4.69. The summed E-state index contributed by atoms with van der Waals surface area (Å²) in [4.78, 5) is 2.31. The number of likely N-dealkylation sites (tertiary alicyclic amines) is 1. The zero-order valence-corrected chi connectivity index (χ0v) is 7.83. The topological polar surface area (TPSA) is 32.7 Å². The van der Waals surface area contributed by atoms with Crippen LogP contribution in [-0.2, 0) is 4.74 Å². The number of hydrogen-bond acceptors (Lipinski definition) is 3. The minimum atomic E-state index is 0.277. The average molecular weight is 173 g/mol. The minimum Gasteiger partial charge on any atom is -0.395 e. The lowest BCUT2D eigenvalue weighted by Gasteiger charge is -2.31. The molecule has 1 N–H and O–H groups in total. The molecule has 1 saturated heterocycles. The van der Waals surface area contributed by atoms with Gasteiger partial charge in [0.15, 0.2) is 0 Å². The summed E-state index contributed by atoms with van der Waals surface area (Å²) in [5.74, 6) is 0.676. The van der Waals surface area contributed by atoms with Gasteiger partial charge in [-0.05, 0) is 25.3 Å². The second-order valence-electron chi connectivity index (χ2n) is 3.49. The number of methoxy groups -OCH3 is 1. The quantitative estimate of drug-likeness (QED) is 0.665. The SMILES string of the molecule is COCC1CCCN(CCO)C1. The van der Waals surface area contributed by atoms with Crippen LogP contribution in [0.4, 0.5) is 0 Å². The molecular weight excluding hydrogens is 154 g/mol. The molecule has 12 heavy (non-hydrogen) atoms. The van der Waals surface area contributed by atoms with Gasteiger partial charge in [0, 0.05) is 20.2 Å². The Morgan fingerprint density at radius 1 is 1.58 bits per heavy atom. The van der Waals surface area contributed by atoms with E-state index in [9.17, 15) is 0 Å². The third kappa shape index (κ3) is 3.09. The number of piperidine rings is 1. The smallest absolute Gasteiger partial charge is 0.0558 e. The van der Waals surface area contributed by atoms with Crippen LogP contribution in [-0.4, -0.2) is 50.0 Å². The Morgan fingerprint density at radius 2 is 2.42 bits per heavy atom. The molecule has 1 atom stereocenters. The van der Waals surface area contributed by atoms with Crippen molar-refractivity contribution < 1.29 is 9.84 Å². The highest BCUT2D eigenvalue weighted by Gasteiger charge is 2.18. The van der Waals surface area contributed by atoms with Gasteiger partial charge in [-0.1, -0.05) is 0 Å².